The van der Waals surface area contributed by atoms with Crippen LogP contribution in [0.3, 0.4) is 0 Å². The fourth-order valence-corrected chi connectivity index (χ4v) is 9.41. The molecular weight excluding hydrogens is 535 g/mol. The van der Waals surface area contributed by atoms with Crippen molar-refractivity contribution in [3.8, 4) is 5.75 Å². The number of allylic oxidation sites excluding steroid dienone is 1. The molecular formula is C21H28BrN2O5PS2. The number of hydrogen-bond acceptors (Lipinski definition) is 7. The summed E-state index contributed by atoms with van der Waals surface area (Å²) in [4.78, 5) is 25.6. The molecule has 176 valence electrons. The van der Waals surface area contributed by atoms with Gasteiger partial charge in [0, 0.05) is 21.9 Å². The van der Waals surface area contributed by atoms with Crippen molar-refractivity contribution in [1.82, 2.24) is 5.32 Å². The Morgan fingerprint density at radius 3 is 2.50 bits per heavy atom. The van der Waals surface area contributed by atoms with Gasteiger partial charge >= 0.3 is 0 Å². The Kier molecular flexibility index (Phi) is 10.4. The molecule has 1 atom stereocenters. The zero-order valence-electron chi connectivity index (χ0n) is 18.1. The summed E-state index contributed by atoms with van der Waals surface area (Å²) in [5, 5.41) is 1.75. The highest BCUT2D eigenvalue weighted by Gasteiger charge is 2.51. The van der Waals surface area contributed by atoms with E-state index in [1.165, 1.54) is 23.1 Å². The summed E-state index contributed by atoms with van der Waals surface area (Å²) >= 11 is 5.68. The molecule has 1 unspecified atom stereocenters. The molecule has 0 aromatic heterocycles. The van der Waals surface area contributed by atoms with Crippen molar-refractivity contribution < 1.29 is 23.6 Å². The van der Waals surface area contributed by atoms with E-state index in [4.69, 9.17) is 15.2 Å². The number of primary amides is 1. The number of halogens is 1. The number of thioether (sulfide) groups is 1. The van der Waals surface area contributed by atoms with Crippen molar-refractivity contribution in [3.63, 3.8) is 0 Å². The zero-order valence-corrected chi connectivity index (χ0v) is 22.2. The number of carbonyl (C=O) groups is 2. The van der Waals surface area contributed by atoms with Crippen LogP contribution >= 0.6 is 45.4 Å². The van der Waals surface area contributed by atoms with E-state index < -0.39 is 17.4 Å². The standard InChI is InChI=1S/C21H28BrN2O5PS2/c1-4-18(31-15(2)22)19(25)24-11-14-29-16-5-7-17(8-6-16)32-30(3,27)21(20(23)26)9-12-28-13-10-21/h4-8H,2,9-14H2,1,3H3,(H2,23,26)(H,24,25)/b18-4-. The van der Waals surface area contributed by atoms with E-state index in [1.807, 2.05) is 0 Å². The van der Waals surface area contributed by atoms with Gasteiger partial charge in [-0.2, -0.15) is 0 Å². The van der Waals surface area contributed by atoms with E-state index in [2.05, 4.69) is 27.8 Å². The van der Waals surface area contributed by atoms with E-state index in [9.17, 15) is 14.2 Å². The fraction of sp³-hybridized carbons (Fsp3) is 0.429. The second kappa shape index (κ2) is 12.3. The van der Waals surface area contributed by atoms with Crippen LogP contribution in [0, 0.1) is 0 Å². The first kappa shape index (κ1) is 27.1. The quantitative estimate of drug-likeness (QED) is 0.228. The third kappa shape index (κ3) is 7.15. The molecule has 1 aromatic rings. The first-order valence-electron chi connectivity index (χ1n) is 9.96. The molecule has 0 bridgehead atoms. The molecule has 32 heavy (non-hydrogen) atoms. The normalized spacial score (nSPS) is 17.8. The molecule has 2 rings (SSSR count). The lowest BCUT2D eigenvalue weighted by molar-refractivity contribution is -0.123. The summed E-state index contributed by atoms with van der Waals surface area (Å²) in [5.74, 6) is -0.0932. The van der Waals surface area contributed by atoms with Gasteiger partial charge in [0.25, 0.3) is 5.91 Å². The van der Waals surface area contributed by atoms with Gasteiger partial charge in [-0.25, -0.2) is 0 Å². The van der Waals surface area contributed by atoms with Crippen molar-refractivity contribution in [1.29, 1.82) is 0 Å². The Morgan fingerprint density at radius 2 is 1.97 bits per heavy atom. The first-order valence-corrected chi connectivity index (χ1v) is 15.1. The van der Waals surface area contributed by atoms with Crippen LogP contribution < -0.4 is 15.8 Å². The molecule has 1 aliphatic rings. The molecule has 7 nitrogen and oxygen atoms in total. The minimum absolute atomic E-state index is 0.191. The maximum Gasteiger partial charge on any atom is 0.257 e. The average Bonchev–Trinajstić information content (AvgIpc) is 2.75. The van der Waals surface area contributed by atoms with Crippen LogP contribution in [0.2, 0.25) is 0 Å². The fourth-order valence-electron chi connectivity index (χ4n) is 3.22. The van der Waals surface area contributed by atoms with Crippen molar-refractivity contribution in [3.05, 3.63) is 45.6 Å². The van der Waals surface area contributed by atoms with Crippen LogP contribution in [-0.2, 0) is 18.9 Å². The molecule has 1 heterocycles. The van der Waals surface area contributed by atoms with Crippen LogP contribution in [0.5, 0.6) is 5.75 Å². The highest BCUT2D eigenvalue weighted by molar-refractivity contribution is 9.14. The second-order valence-electron chi connectivity index (χ2n) is 7.13. The van der Waals surface area contributed by atoms with Gasteiger partial charge in [0.2, 0.25) is 5.91 Å². The Morgan fingerprint density at radius 1 is 1.34 bits per heavy atom. The monoisotopic (exact) mass is 562 g/mol. The summed E-state index contributed by atoms with van der Waals surface area (Å²) in [6.07, 6.45) is -0.537. The zero-order chi connectivity index (χ0) is 23.8. The third-order valence-corrected chi connectivity index (χ3v) is 12.2. The summed E-state index contributed by atoms with van der Waals surface area (Å²) in [6, 6.07) is 7.15. The Hall–Kier alpha value is -1.19. The second-order valence-corrected chi connectivity index (χ2v) is 15.6. The van der Waals surface area contributed by atoms with Crippen LogP contribution in [0.1, 0.15) is 19.8 Å². The van der Waals surface area contributed by atoms with Crippen LogP contribution in [0.15, 0.2) is 50.5 Å². The van der Waals surface area contributed by atoms with E-state index in [-0.39, 0.29) is 5.91 Å². The topological polar surface area (TPSA) is 108 Å². The van der Waals surface area contributed by atoms with Gasteiger partial charge in [0.15, 0.2) is 6.34 Å². The minimum Gasteiger partial charge on any atom is -0.492 e. The molecule has 3 N–H and O–H groups in total. The number of benzene rings is 1. The molecule has 1 fully saturated rings. The van der Waals surface area contributed by atoms with Gasteiger partial charge in [0.1, 0.15) is 17.5 Å². The molecule has 0 saturated carbocycles. The summed E-state index contributed by atoms with van der Waals surface area (Å²) < 4.78 is 25.2. The highest BCUT2D eigenvalue weighted by atomic mass is 79.9. The lowest BCUT2D eigenvalue weighted by atomic mass is 9.98. The number of carbonyl (C=O) groups excluding carboxylic acids is 2. The van der Waals surface area contributed by atoms with Gasteiger partial charge in [-0.05, 0) is 66.6 Å². The highest BCUT2D eigenvalue weighted by Crippen LogP contribution is 2.70. The van der Waals surface area contributed by atoms with Crippen LogP contribution in [-0.4, -0.2) is 50.0 Å². The summed E-state index contributed by atoms with van der Waals surface area (Å²) in [5.41, 5.74) is 5.67. The van der Waals surface area contributed by atoms with Gasteiger partial charge in [-0.1, -0.05) is 35.8 Å². The summed E-state index contributed by atoms with van der Waals surface area (Å²) in [7, 11) is 0. The first-order chi connectivity index (χ1) is 15.1. The summed E-state index contributed by atoms with van der Waals surface area (Å²) in [6.45, 7) is 8.53. The van der Waals surface area contributed by atoms with Crippen molar-refractivity contribution >= 4 is 57.2 Å². The minimum atomic E-state index is -3.00. The molecule has 11 heteroatoms. The number of ether oxygens (including phenoxy) is 2. The van der Waals surface area contributed by atoms with Gasteiger partial charge in [-0.3, -0.25) is 9.59 Å². The van der Waals surface area contributed by atoms with Gasteiger partial charge in [0.05, 0.1) is 11.4 Å². The molecule has 0 radical (unpaired) electrons. The van der Waals surface area contributed by atoms with Crippen LogP contribution in [0.25, 0.3) is 0 Å². The van der Waals surface area contributed by atoms with Crippen molar-refractivity contribution in [2.45, 2.75) is 29.8 Å². The molecule has 0 spiro atoms. The number of nitrogens with two attached hydrogens (primary N) is 1. The third-order valence-electron chi connectivity index (χ3n) is 5.02. The van der Waals surface area contributed by atoms with Crippen molar-refractivity contribution in [2.24, 2.45) is 5.73 Å². The lowest BCUT2D eigenvalue weighted by Crippen LogP contribution is -2.47. The predicted molar refractivity (Wildman–Crippen MR) is 136 cm³/mol. The van der Waals surface area contributed by atoms with E-state index >= 15 is 0 Å². The SMILES string of the molecule is C=C(Br)S/C(=C\C)C(=O)NCCOc1ccc(SP(C)(=O)C2(C(N)=O)CCOCC2)cc1. The molecule has 2 amide bonds. The molecule has 1 saturated heterocycles. The number of rotatable bonds is 11. The van der Waals surface area contributed by atoms with Gasteiger partial charge in [-0.15, -0.1) is 0 Å². The lowest BCUT2D eigenvalue weighted by Gasteiger charge is -2.38. The Labute approximate surface area is 205 Å². The molecule has 1 aliphatic heterocycles. The predicted octanol–water partition coefficient (Wildman–Crippen LogP) is 4.72. The number of amides is 2. The molecule has 1 aromatic carbocycles. The largest absolute Gasteiger partial charge is 0.492 e. The Balaban J connectivity index is 1.89. The van der Waals surface area contributed by atoms with E-state index in [1.54, 1.807) is 43.9 Å². The van der Waals surface area contributed by atoms with Crippen LogP contribution in [0.4, 0.5) is 0 Å². The van der Waals surface area contributed by atoms with Gasteiger partial charge < -0.3 is 25.1 Å². The maximum absolute atomic E-state index is 13.5. The average molecular weight is 563 g/mol. The smallest absolute Gasteiger partial charge is 0.257 e. The van der Waals surface area contributed by atoms with E-state index in [0.717, 1.165) is 4.90 Å². The number of hydrogen-bond donors (Lipinski definition) is 2. The van der Waals surface area contributed by atoms with Crippen molar-refractivity contribution in [2.75, 3.05) is 33.0 Å². The Bertz CT molecular complexity index is 917. The van der Waals surface area contributed by atoms with E-state index in [0.29, 0.717) is 53.7 Å². The maximum atomic E-state index is 13.5. The number of nitrogens with one attached hydrogen (secondary N) is 1. The molecule has 0 aliphatic carbocycles.